The van der Waals surface area contributed by atoms with E-state index < -0.39 is 0 Å². The first-order valence-corrected chi connectivity index (χ1v) is 12.9. The van der Waals surface area contributed by atoms with Crippen molar-refractivity contribution in [2.24, 2.45) is 0 Å². The van der Waals surface area contributed by atoms with E-state index >= 15 is 0 Å². The van der Waals surface area contributed by atoms with Gasteiger partial charge in [0.25, 0.3) is 0 Å². The quantitative estimate of drug-likeness (QED) is 0.373. The highest BCUT2D eigenvalue weighted by Crippen LogP contribution is 2.51. The number of hydrogen-bond acceptors (Lipinski definition) is 3. The SMILES string of the molecule is CO[C@@H]1OC2(CCCN(CCc3ccccc3)C2)c2ccccc2[C@@H]1C(CCl)c1ccccc1. The van der Waals surface area contributed by atoms with Crippen LogP contribution in [0.2, 0.25) is 0 Å². The summed E-state index contributed by atoms with van der Waals surface area (Å²) in [4.78, 5) is 2.57. The number of halogens is 1. The van der Waals surface area contributed by atoms with Crippen LogP contribution in [0.15, 0.2) is 84.9 Å². The van der Waals surface area contributed by atoms with Crippen LogP contribution < -0.4 is 0 Å². The largest absolute Gasteiger partial charge is 0.355 e. The predicted molar refractivity (Wildman–Crippen MR) is 138 cm³/mol. The number of likely N-dealkylation sites (tertiary alicyclic amines) is 1. The molecule has 178 valence electrons. The Morgan fingerprint density at radius 2 is 1.71 bits per heavy atom. The van der Waals surface area contributed by atoms with Gasteiger partial charge in [-0.1, -0.05) is 84.9 Å². The monoisotopic (exact) mass is 475 g/mol. The van der Waals surface area contributed by atoms with Crippen molar-refractivity contribution >= 4 is 11.6 Å². The molecule has 4 atom stereocenters. The lowest BCUT2D eigenvalue weighted by Gasteiger charge is -2.51. The molecule has 5 rings (SSSR count). The zero-order chi connectivity index (χ0) is 23.4. The third-order valence-electron chi connectivity index (χ3n) is 7.60. The lowest BCUT2D eigenvalue weighted by molar-refractivity contribution is -0.242. The molecule has 0 aromatic heterocycles. The summed E-state index contributed by atoms with van der Waals surface area (Å²) in [6.07, 6.45) is 2.84. The van der Waals surface area contributed by atoms with Gasteiger partial charge in [-0.3, -0.25) is 4.90 Å². The smallest absolute Gasteiger partial charge is 0.165 e. The minimum Gasteiger partial charge on any atom is -0.355 e. The molecular formula is C30H34ClNO2. The fraction of sp³-hybridized carbons (Fsp3) is 0.400. The Kier molecular flexibility index (Phi) is 7.36. The van der Waals surface area contributed by atoms with Crippen LogP contribution in [0.4, 0.5) is 0 Å². The molecule has 2 heterocycles. The van der Waals surface area contributed by atoms with E-state index in [0.29, 0.717) is 5.88 Å². The second-order valence-corrected chi connectivity index (χ2v) is 9.92. The summed E-state index contributed by atoms with van der Waals surface area (Å²) in [5, 5.41) is 0. The van der Waals surface area contributed by atoms with Gasteiger partial charge in [0.05, 0.1) is 0 Å². The zero-order valence-corrected chi connectivity index (χ0v) is 20.7. The second-order valence-electron chi connectivity index (χ2n) is 9.62. The van der Waals surface area contributed by atoms with Gasteiger partial charge in [-0.25, -0.2) is 0 Å². The molecule has 3 nitrogen and oxygen atoms in total. The summed E-state index contributed by atoms with van der Waals surface area (Å²) >= 11 is 6.60. The van der Waals surface area contributed by atoms with Gasteiger partial charge in [0.2, 0.25) is 0 Å². The first-order chi connectivity index (χ1) is 16.7. The fourth-order valence-electron chi connectivity index (χ4n) is 5.95. The molecule has 3 aromatic carbocycles. The van der Waals surface area contributed by atoms with Crippen LogP contribution >= 0.6 is 11.6 Å². The van der Waals surface area contributed by atoms with Crippen molar-refractivity contribution in [3.63, 3.8) is 0 Å². The molecule has 1 spiro atoms. The normalized spacial score (nSPS) is 25.7. The minimum atomic E-state index is -0.351. The summed E-state index contributed by atoms with van der Waals surface area (Å²) < 4.78 is 13.0. The van der Waals surface area contributed by atoms with Gasteiger partial charge in [0, 0.05) is 37.9 Å². The first-order valence-electron chi connectivity index (χ1n) is 12.4. The molecule has 3 aromatic rings. The van der Waals surface area contributed by atoms with Crippen LogP contribution in [0.3, 0.4) is 0 Å². The summed E-state index contributed by atoms with van der Waals surface area (Å²) in [6, 6.07) is 30.1. The van der Waals surface area contributed by atoms with E-state index in [9.17, 15) is 0 Å². The molecule has 0 N–H and O–H groups in total. The fourth-order valence-corrected chi connectivity index (χ4v) is 6.32. The molecule has 0 amide bonds. The number of hydrogen-bond donors (Lipinski definition) is 0. The van der Waals surface area contributed by atoms with Crippen LogP contribution in [-0.2, 0) is 21.5 Å². The Labute approximate surface area is 208 Å². The predicted octanol–water partition coefficient (Wildman–Crippen LogP) is 6.33. The lowest BCUT2D eigenvalue weighted by Crippen LogP contribution is -2.54. The Hall–Kier alpha value is -2.17. The number of benzene rings is 3. The number of fused-ring (bicyclic) bond motifs is 2. The minimum absolute atomic E-state index is 0.0476. The molecule has 34 heavy (non-hydrogen) atoms. The molecule has 1 saturated heterocycles. The van der Waals surface area contributed by atoms with E-state index in [-0.39, 0.29) is 23.7 Å². The van der Waals surface area contributed by atoms with Gasteiger partial charge in [0.15, 0.2) is 6.29 Å². The molecule has 0 radical (unpaired) electrons. The molecule has 1 fully saturated rings. The number of piperidine rings is 1. The maximum absolute atomic E-state index is 6.97. The third-order valence-corrected chi connectivity index (χ3v) is 7.93. The Balaban J connectivity index is 1.46. The summed E-state index contributed by atoms with van der Waals surface area (Å²) in [5.41, 5.74) is 4.89. The zero-order valence-electron chi connectivity index (χ0n) is 19.9. The van der Waals surface area contributed by atoms with Gasteiger partial charge >= 0.3 is 0 Å². The van der Waals surface area contributed by atoms with Crippen LogP contribution in [0.25, 0.3) is 0 Å². The van der Waals surface area contributed by atoms with Crippen molar-refractivity contribution in [3.8, 4) is 0 Å². The van der Waals surface area contributed by atoms with Crippen molar-refractivity contribution < 1.29 is 9.47 Å². The summed E-state index contributed by atoms with van der Waals surface area (Å²) in [5.74, 6) is 0.679. The van der Waals surface area contributed by atoms with E-state index in [1.165, 1.54) is 22.3 Å². The van der Waals surface area contributed by atoms with Crippen molar-refractivity contribution in [2.75, 3.05) is 32.6 Å². The van der Waals surface area contributed by atoms with Crippen molar-refractivity contribution in [3.05, 3.63) is 107 Å². The van der Waals surface area contributed by atoms with E-state index in [1.807, 2.05) is 0 Å². The van der Waals surface area contributed by atoms with Gasteiger partial charge in [-0.15, -0.1) is 11.6 Å². The van der Waals surface area contributed by atoms with E-state index in [2.05, 4.69) is 89.8 Å². The topological polar surface area (TPSA) is 21.7 Å². The highest BCUT2D eigenvalue weighted by atomic mass is 35.5. The average molecular weight is 476 g/mol. The van der Waals surface area contributed by atoms with Crippen LogP contribution in [-0.4, -0.2) is 43.8 Å². The molecule has 2 aliphatic heterocycles. The standard InChI is InChI=1S/C30H34ClNO2/c1-33-29-28(26(21-31)24-13-6-3-7-14-24)25-15-8-9-16-27(25)30(34-29)18-10-19-32(22-30)20-17-23-11-4-2-5-12-23/h2-9,11-16,26,28-29H,10,17-22H2,1H3/t26?,28-,29-,30?/m1/s1. The van der Waals surface area contributed by atoms with Gasteiger partial charge in [0.1, 0.15) is 5.60 Å². The third kappa shape index (κ3) is 4.67. The Bertz CT molecular complexity index is 1060. The van der Waals surface area contributed by atoms with Crippen LogP contribution in [0.5, 0.6) is 0 Å². The van der Waals surface area contributed by atoms with Crippen LogP contribution in [0.1, 0.15) is 46.9 Å². The van der Waals surface area contributed by atoms with Crippen molar-refractivity contribution in [1.82, 2.24) is 4.90 Å². The van der Waals surface area contributed by atoms with E-state index in [0.717, 1.165) is 38.9 Å². The number of rotatable bonds is 7. The maximum Gasteiger partial charge on any atom is 0.165 e. The summed E-state index contributed by atoms with van der Waals surface area (Å²) in [7, 11) is 1.77. The molecule has 4 heteroatoms. The molecule has 0 saturated carbocycles. The highest BCUT2D eigenvalue weighted by Gasteiger charge is 2.49. The molecule has 2 aliphatic rings. The lowest BCUT2D eigenvalue weighted by atomic mass is 9.72. The van der Waals surface area contributed by atoms with Crippen molar-refractivity contribution in [1.29, 1.82) is 0 Å². The second kappa shape index (κ2) is 10.6. The molecular weight excluding hydrogens is 442 g/mol. The Morgan fingerprint density at radius 1 is 1.00 bits per heavy atom. The van der Waals surface area contributed by atoms with E-state index in [1.54, 1.807) is 7.11 Å². The maximum atomic E-state index is 6.97. The number of methoxy groups -OCH3 is 1. The Morgan fingerprint density at radius 3 is 2.44 bits per heavy atom. The molecule has 2 unspecified atom stereocenters. The number of alkyl halides is 1. The highest BCUT2D eigenvalue weighted by molar-refractivity contribution is 6.18. The number of ether oxygens (including phenoxy) is 2. The van der Waals surface area contributed by atoms with E-state index in [4.69, 9.17) is 21.1 Å². The number of nitrogens with zero attached hydrogens (tertiary/aromatic N) is 1. The van der Waals surface area contributed by atoms with Gasteiger partial charge in [-0.2, -0.15) is 0 Å². The summed E-state index contributed by atoms with van der Waals surface area (Å²) in [6.45, 7) is 3.03. The molecule has 0 bridgehead atoms. The van der Waals surface area contributed by atoms with Gasteiger partial charge in [-0.05, 0) is 48.1 Å². The van der Waals surface area contributed by atoms with Gasteiger partial charge < -0.3 is 9.47 Å². The molecule has 0 aliphatic carbocycles. The average Bonchev–Trinajstić information content (AvgIpc) is 2.90. The van der Waals surface area contributed by atoms with Crippen LogP contribution in [0, 0.1) is 0 Å². The van der Waals surface area contributed by atoms with Crippen molar-refractivity contribution in [2.45, 2.75) is 43.0 Å². The first kappa shape index (κ1) is 23.6.